The molecule has 0 spiro atoms. The first-order valence-corrected chi connectivity index (χ1v) is 5.36. The van der Waals surface area contributed by atoms with Crippen LogP contribution in [0.2, 0.25) is 0 Å². The van der Waals surface area contributed by atoms with Crippen LogP contribution in [0.1, 0.15) is 16.8 Å². The number of anilines is 1. The molecular formula is C10H19N3S. The Labute approximate surface area is 91.5 Å². The number of hydrogen-bond acceptors (Lipinski definition) is 4. The minimum absolute atomic E-state index is 0.641. The number of hydrogen-bond donors (Lipinski definition) is 3. The van der Waals surface area contributed by atoms with Crippen molar-refractivity contribution in [2.45, 2.75) is 20.4 Å². The summed E-state index contributed by atoms with van der Waals surface area (Å²) in [4.78, 5) is 4.19. The van der Waals surface area contributed by atoms with Gasteiger partial charge in [0, 0.05) is 17.8 Å². The van der Waals surface area contributed by atoms with Gasteiger partial charge in [0.1, 0.15) is 5.82 Å². The SMILES string of the molecule is CNCc1c(C)cc(C)nc1N.CS. The molecule has 1 aromatic rings. The predicted molar refractivity (Wildman–Crippen MR) is 65.8 cm³/mol. The molecule has 80 valence electrons. The highest BCUT2D eigenvalue weighted by Gasteiger charge is 2.03. The van der Waals surface area contributed by atoms with Gasteiger partial charge in [0.15, 0.2) is 0 Å². The van der Waals surface area contributed by atoms with Crippen molar-refractivity contribution in [3.63, 3.8) is 0 Å². The fourth-order valence-corrected chi connectivity index (χ4v) is 1.30. The summed E-state index contributed by atoms with van der Waals surface area (Å²) in [5.41, 5.74) is 9.04. The molecule has 1 rings (SSSR count). The summed E-state index contributed by atoms with van der Waals surface area (Å²) in [6.07, 6.45) is 1.69. The number of pyridine rings is 1. The third-order valence-corrected chi connectivity index (χ3v) is 1.86. The molecule has 4 heteroatoms. The first kappa shape index (κ1) is 13.3. The van der Waals surface area contributed by atoms with Crippen LogP contribution in [-0.2, 0) is 6.54 Å². The van der Waals surface area contributed by atoms with Crippen LogP contribution in [0, 0.1) is 13.8 Å². The van der Waals surface area contributed by atoms with Crippen LogP contribution in [-0.4, -0.2) is 18.3 Å². The van der Waals surface area contributed by atoms with Crippen molar-refractivity contribution >= 4 is 18.4 Å². The Morgan fingerprint density at radius 3 is 2.43 bits per heavy atom. The molecule has 0 saturated heterocycles. The maximum absolute atomic E-state index is 5.76. The Morgan fingerprint density at radius 1 is 1.43 bits per heavy atom. The highest BCUT2D eigenvalue weighted by molar-refractivity contribution is 7.79. The molecule has 0 saturated carbocycles. The summed E-state index contributed by atoms with van der Waals surface area (Å²) in [6.45, 7) is 4.79. The van der Waals surface area contributed by atoms with Crippen molar-refractivity contribution in [3.8, 4) is 0 Å². The Morgan fingerprint density at radius 2 is 2.00 bits per heavy atom. The predicted octanol–water partition coefficient (Wildman–Crippen LogP) is 1.55. The number of aromatic nitrogens is 1. The van der Waals surface area contributed by atoms with Gasteiger partial charge in [-0.15, -0.1) is 0 Å². The van der Waals surface area contributed by atoms with Gasteiger partial charge >= 0.3 is 0 Å². The molecule has 14 heavy (non-hydrogen) atoms. The van der Waals surface area contributed by atoms with Gasteiger partial charge in [-0.2, -0.15) is 12.6 Å². The van der Waals surface area contributed by atoms with Crippen molar-refractivity contribution in [3.05, 3.63) is 22.9 Å². The van der Waals surface area contributed by atoms with Crippen LogP contribution < -0.4 is 11.1 Å². The average molecular weight is 213 g/mol. The van der Waals surface area contributed by atoms with Crippen molar-refractivity contribution < 1.29 is 0 Å². The van der Waals surface area contributed by atoms with Gasteiger partial charge in [0.2, 0.25) is 0 Å². The highest BCUT2D eigenvalue weighted by atomic mass is 32.1. The molecule has 0 bridgehead atoms. The number of nitrogens with one attached hydrogen (secondary N) is 1. The Balaban J connectivity index is 0.000000791. The first-order valence-electron chi connectivity index (χ1n) is 4.47. The topological polar surface area (TPSA) is 50.9 Å². The molecule has 3 nitrogen and oxygen atoms in total. The zero-order valence-electron chi connectivity index (χ0n) is 9.26. The minimum Gasteiger partial charge on any atom is -0.383 e. The lowest BCUT2D eigenvalue weighted by Gasteiger charge is -2.08. The standard InChI is InChI=1S/C9H15N3.CH4S/c1-6-4-7(2)12-9(10)8(6)5-11-3;1-2/h4,11H,5H2,1-3H3,(H2,10,12);2H,1H3. The van der Waals surface area contributed by atoms with E-state index in [-0.39, 0.29) is 0 Å². The van der Waals surface area contributed by atoms with E-state index in [0.29, 0.717) is 5.82 Å². The lowest BCUT2D eigenvalue weighted by atomic mass is 10.1. The van der Waals surface area contributed by atoms with Gasteiger partial charge in [0.05, 0.1) is 0 Å². The molecule has 1 heterocycles. The zero-order valence-corrected chi connectivity index (χ0v) is 10.2. The molecule has 0 aromatic carbocycles. The third-order valence-electron chi connectivity index (χ3n) is 1.86. The quantitative estimate of drug-likeness (QED) is 0.653. The average Bonchev–Trinajstić information content (AvgIpc) is 2.14. The number of nitrogens with zero attached hydrogens (tertiary/aromatic N) is 1. The maximum atomic E-state index is 5.76. The lowest BCUT2D eigenvalue weighted by molar-refractivity contribution is 0.808. The smallest absolute Gasteiger partial charge is 0.128 e. The first-order chi connectivity index (χ1) is 6.65. The minimum atomic E-state index is 0.641. The number of thiol groups is 1. The normalized spacial score (nSPS) is 9.21. The summed E-state index contributed by atoms with van der Waals surface area (Å²) < 4.78 is 0. The second kappa shape index (κ2) is 6.68. The molecule has 0 aliphatic carbocycles. The Hall–Kier alpha value is -0.740. The fourth-order valence-electron chi connectivity index (χ4n) is 1.30. The van der Waals surface area contributed by atoms with Crippen LogP contribution in [0.25, 0.3) is 0 Å². The zero-order chi connectivity index (χ0) is 11.1. The molecule has 0 radical (unpaired) electrons. The maximum Gasteiger partial charge on any atom is 0.128 e. The Bertz CT molecular complexity index is 264. The summed E-state index contributed by atoms with van der Waals surface area (Å²) in [6, 6.07) is 2.04. The summed E-state index contributed by atoms with van der Waals surface area (Å²) in [5.74, 6) is 0.641. The van der Waals surface area contributed by atoms with E-state index >= 15 is 0 Å². The van der Waals surface area contributed by atoms with Crippen LogP contribution >= 0.6 is 12.6 Å². The number of aryl methyl sites for hydroxylation is 2. The summed E-state index contributed by atoms with van der Waals surface area (Å²) in [7, 11) is 1.90. The van der Waals surface area contributed by atoms with Gasteiger partial charge in [-0.1, -0.05) is 0 Å². The second-order valence-electron chi connectivity index (χ2n) is 2.97. The van der Waals surface area contributed by atoms with E-state index in [9.17, 15) is 0 Å². The molecular weight excluding hydrogens is 194 g/mol. The molecule has 0 fully saturated rings. The molecule has 0 aliphatic heterocycles. The Kier molecular flexibility index (Phi) is 6.32. The van der Waals surface area contributed by atoms with E-state index < -0.39 is 0 Å². The summed E-state index contributed by atoms with van der Waals surface area (Å²) >= 11 is 3.53. The monoisotopic (exact) mass is 213 g/mol. The fraction of sp³-hybridized carbons (Fsp3) is 0.500. The van der Waals surface area contributed by atoms with Crippen molar-refractivity contribution in [1.29, 1.82) is 0 Å². The lowest BCUT2D eigenvalue weighted by Crippen LogP contribution is -2.11. The highest BCUT2D eigenvalue weighted by Crippen LogP contribution is 2.14. The molecule has 0 atom stereocenters. The van der Waals surface area contributed by atoms with E-state index in [1.165, 1.54) is 5.56 Å². The van der Waals surface area contributed by atoms with E-state index in [0.717, 1.165) is 17.8 Å². The van der Waals surface area contributed by atoms with Crippen molar-refractivity contribution in [2.75, 3.05) is 19.0 Å². The number of nitrogens with two attached hydrogens (primary N) is 1. The third kappa shape index (κ3) is 3.55. The van der Waals surface area contributed by atoms with Crippen molar-refractivity contribution in [2.24, 2.45) is 0 Å². The largest absolute Gasteiger partial charge is 0.383 e. The number of rotatable bonds is 2. The van der Waals surface area contributed by atoms with E-state index in [2.05, 4.69) is 29.9 Å². The summed E-state index contributed by atoms with van der Waals surface area (Å²) in [5, 5.41) is 3.07. The van der Waals surface area contributed by atoms with Crippen LogP contribution in [0.4, 0.5) is 5.82 Å². The van der Waals surface area contributed by atoms with Crippen LogP contribution in [0.5, 0.6) is 0 Å². The molecule has 3 N–H and O–H groups in total. The van der Waals surface area contributed by atoms with Crippen LogP contribution in [0.15, 0.2) is 6.07 Å². The second-order valence-corrected chi connectivity index (χ2v) is 2.97. The van der Waals surface area contributed by atoms with Gasteiger partial charge in [-0.25, -0.2) is 4.98 Å². The molecule has 1 aromatic heterocycles. The molecule has 0 aliphatic rings. The van der Waals surface area contributed by atoms with E-state index in [1.807, 2.05) is 20.0 Å². The van der Waals surface area contributed by atoms with Gasteiger partial charge < -0.3 is 11.1 Å². The van der Waals surface area contributed by atoms with Crippen molar-refractivity contribution in [1.82, 2.24) is 10.3 Å². The van der Waals surface area contributed by atoms with Gasteiger partial charge in [0.25, 0.3) is 0 Å². The molecule has 0 unspecified atom stereocenters. The van der Waals surface area contributed by atoms with Crippen LogP contribution in [0.3, 0.4) is 0 Å². The molecule has 0 amide bonds. The van der Waals surface area contributed by atoms with Gasteiger partial charge in [-0.3, -0.25) is 0 Å². The van der Waals surface area contributed by atoms with E-state index in [1.54, 1.807) is 6.26 Å². The van der Waals surface area contributed by atoms with Gasteiger partial charge in [-0.05, 0) is 38.8 Å². The van der Waals surface area contributed by atoms with E-state index in [4.69, 9.17) is 5.73 Å². The number of nitrogen functional groups attached to an aromatic ring is 1.